The maximum atomic E-state index is 12.5. The number of rotatable bonds is 3. The van der Waals surface area contributed by atoms with Gasteiger partial charge in [0.1, 0.15) is 5.56 Å². The number of hydrogen-bond donors (Lipinski definition) is 1. The zero-order chi connectivity index (χ0) is 14.8. The van der Waals surface area contributed by atoms with Crippen molar-refractivity contribution in [3.05, 3.63) is 58.2 Å². The molecule has 1 aromatic heterocycles. The average Bonchev–Trinajstić information content (AvgIpc) is 2.90. The van der Waals surface area contributed by atoms with Gasteiger partial charge in [0.05, 0.1) is 18.2 Å². The third kappa shape index (κ3) is 2.72. The summed E-state index contributed by atoms with van der Waals surface area (Å²) in [6.07, 6.45) is 3.34. The quantitative estimate of drug-likeness (QED) is 0.947. The van der Waals surface area contributed by atoms with E-state index >= 15 is 0 Å². The van der Waals surface area contributed by atoms with Crippen LogP contribution in [-0.4, -0.2) is 18.0 Å². The first kappa shape index (κ1) is 13.9. The molecule has 1 atom stereocenters. The van der Waals surface area contributed by atoms with E-state index in [0.717, 1.165) is 12.8 Å². The number of amides is 1. The number of carbonyl (C=O) groups is 1. The fourth-order valence-corrected chi connectivity index (χ4v) is 2.85. The summed E-state index contributed by atoms with van der Waals surface area (Å²) in [5.74, 6) is 0.0618. The zero-order valence-electron chi connectivity index (χ0n) is 11.6. The van der Waals surface area contributed by atoms with Crippen LogP contribution in [0.3, 0.4) is 0 Å². The molecule has 1 amide bonds. The van der Waals surface area contributed by atoms with Crippen LogP contribution >= 0.6 is 11.6 Å². The highest BCUT2D eigenvalue weighted by molar-refractivity contribution is 6.30. The molecule has 1 aromatic carbocycles. The van der Waals surface area contributed by atoms with Crippen LogP contribution in [0.5, 0.6) is 5.88 Å². The van der Waals surface area contributed by atoms with Gasteiger partial charge in [0.25, 0.3) is 5.91 Å². The van der Waals surface area contributed by atoms with E-state index in [9.17, 15) is 4.79 Å². The van der Waals surface area contributed by atoms with Crippen molar-refractivity contribution < 1.29 is 9.53 Å². The maximum Gasteiger partial charge on any atom is 0.257 e. The summed E-state index contributed by atoms with van der Waals surface area (Å²) >= 11 is 5.92. The normalized spacial score (nSPS) is 16.4. The number of benzene rings is 1. The van der Waals surface area contributed by atoms with E-state index in [1.807, 2.05) is 12.1 Å². The number of fused-ring (bicyclic) bond motifs is 1. The Hall–Kier alpha value is -2.07. The van der Waals surface area contributed by atoms with Crippen molar-refractivity contribution in [1.82, 2.24) is 10.3 Å². The Morgan fingerprint density at radius 3 is 3.05 bits per heavy atom. The van der Waals surface area contributed by atoms with Gasteiger partial charge < -0.3 is 10.1 Å². The molecule has 0 radical (unpaired) electrons. The van der Waals surface area contributed by atoms with Gasteiger partial charge in [-0.15, -0.1) is 0 Å². The van der Waals surface area contributed by atoms with Crippen LogP contribution in [0, 0.1) is 0 Å². The molecular weight excluding hydrogens is 288 g/mol. The summed E-state index contributed by atoms with van der Waals surface area (Å²) in [6.45, 7) is 0. The van der Waals surface area contributed by atoms with Crippen LogP contribution in [0.1, 0.15) is 33.9 Å². The Morgan fingerprint density at radius 1 is 1.43 bits per heavy atom. The van der Waals surface area contributed by atoms with E-state index in [4.69, 9.17) is 16.3 Å². The largest absolute Gasteiger partial charge is 0.480 e. The second-order valence-corrected chi connectivity index (χ2v) is 5.41. The van der Waals surface area contributed by atoms with Crippen LogP contribution in [0.25, 0.3) is 0 Å². The molecule has 1 aliphatic rings. The highest BCUT2D eigenvalue weighted by Crippen LogP contribution is 2.31. The van der Waals surface area contributed by atoms with Crippen LogP contribution in [0.4, 0.5) is 0 Å². The van der Waals surface area contributed by atoms with Gasteiger partial charge in [0.2, 0.25) is 5.88 Å². The number of pyridine rings is 1. The van der Waals surface area contributed by atoms with Gasteiger partial charge >= 0.3 is 0 Å². The molecular formula is C16H15ClN2O2. The molecule has 3 rings (SSSR count). The molecule has 0 bridgehead atoms. The average molecular weight is 303 g/mol. The molecule has 2 aromatic rings. The van der Waals surface area contributed by atoms with Crippen LogP contribution in [-0.2, 0) is 6.42 Å². The molecule has 1 heterocycles. The van der Waals surface area contributed by atoms with E-state index in [-0.39, 0.29) is 17.8 Å². The molecule has 1 aliphatic carbocycles. The molecule has 1 unspecified atom stereocenters. The van der Waals surface area contributed by atoms with Crippen molar-refractivity contribution >= 4 is 17.5 Å². The lowest BCUT2D eigenvalue weighted by Gasteiger charge is -2.15. The van der Waals surface area contributed by atoms with E-state index in [0.29, 0.717) is 10.6 Å². The fraction of sp³-hybridized carbons (Fsp3) is 0.250. The number of nitrogens with zero attached hydrogens (tertiary/aromatic N) is 1. The number of aryl methyl sites for hydroxylation is 1. The van der Waals surface area contributed by atoms with Crippen molar-refractivity contribution in [2.24, 2.45) is 0 Å². The van der Waals surface area contributed by atoms with Gasteiger partial charge in [-0.25, -0.2) is 4.98 Å². The molecule has 1 N–H and O–H groups in total. The number of nitrogens with one attached hydrogen (secondary N) is 1. The lowest BCUT2D eigenvalue weighted by molar-refractivity contribution is 0.0933. The van der Waals surface area contributed by atoms with E-state index in [1.54, 1.807) is 6.07 Å². The molecule has 0 spiro atoms. The standard InChI is InChI=1S/C16H15ClN2O2/c1-21-16-13(8-11(17)9-18-16)15(20)19-14-7-6-10-4-2-3-5-12(10)14/h2-5,8-9,14H,6-7H2,1H3,(H,19,20). The molecule has 0 aliphatic heterocycles. The predicted octanol–water partition coefficient (Wildman–Crippen LogP) is 3.16. The van der Waals surface area contributed by atoms with Crippen LogP contribution in [0.15, 0.2) is 36.5 Å². The van der Waals surface area contributed by atoms with Gasteiger partial charge in [-0.2, -0.15) is 0 Å². The number of halogens is 1. The molecule has 108 valence electrons. The first-order valence-electron chi connectivity index (χ1n) is 6.77. The van der Waals surface area contributed by atoms with E-state index in [2.05, 4.69) is 22.4 Å². The number of hydrogen-bond acceptors (Lipinski definition) is 3. The van der Waals surface area contributed by atoms with Crippen molar-refractivity contribution in [3.8, 4) is 5.88 Å². The second-order valence-electron chi connectivity index (χ2n) is 4.97. The maximum absolute atomic E-state index is 12.5. The minimum atomic E-state index is -0.219. The molecule has 5 heteroatoms. The number of carbonyl (C=O) groups excluding carboxylic acids is 1. The summed E-state index contributed by atoms with van der Waals surface area (Å²) in [5.41, 5.74) is 2.83. The zero-order valence-corrected chi connectivity index (χ0v) is 12.4. The minimum absolute atomic E-state index is 0.0254. The molecule has 0 saturated carbocycles. The third-order valence-corrected chi connectivity index (χ3v) is 3.90. The van der Waals surface area contributed by atoms with Gasteiger partial charge in [-0.05, 0) is 30.0 Å². The molecule has 0 fully saturated rings. The summed E-state index contributed by atoms with van der Waals surface area (Å²) in [4.78, 5) is 16.5. The third-order valence-electron chi connectivity index (χ3n) is 3.69. The lowest BCUT2D eigenvalue weighted by Crippen LogP contribution is -2.27. The summed E-state index contributed by atoms with van der Waals surface area (Å²) in [6, 6.07) is 9.77. The van der Waals surface area contributed by atoms with E-state index < -0.39 is 0 Å². The fourth-order valence-electron chi connectivity index (χ4n) is 2.70. The Morgan fingerprint density at radius 2 is 2.24 bits per heavy atom. The summed E-state index contributed by atoms with van der Waals surface area (Å²) in [7, 11) is 1.48. The smallest absolute Gasteiger partial charge is 0.257 e. The number of methoxy groups -OCH3 is 1. The Bertz CT molecular complexity index is 688. The highest BCUT2D eigenvalue weighted by Gasteiger charge is 2.25. The van der Waals surface area contributed by atoms with Gasteiger partial charge in [0, 0.05) is 6.20 Å². The predicted molar refractivity (Wildman–Crippen MR) is 80.8 cm³/mol. The van der Waals surface area contributed by atoms with Crippen molar-refractivity contribution in [1.29, 1.82) is 0 Å². The number of ether oxygens (including phenoxy) is 1. The molecule has 0 saturated heterocycles. The van der Waals surface area contributed by atoms with Crippen molar-refractivity contribution in [2.75, 3.05) is 7.11 Å². The highest BCUT2D eigenvalue weighted by atomic mass is 35.5. The van der Waals surface area contributed by atoms with Gasteiger partial charge in [-0.3, -0.25) is 4.79 Å². The Kier molecular flexibility index (Phi) is 3.80. The van der Waals surface area contributed by atoms with Crippen LogP contribution in [0.2, 0.25) is 5.02 Å². The topological polar surface area (TPSA) is 51.2 Å². The number of aromatic nitrogens is 1. The van der Waals surface area contributed by atoms with Gasteiger partial charge in [0.15, 0.2) is 0 Å². The van der Waals surface area contributed by atoms with Crippen molar-refractivity contribution in [2.45, 2.75) is 18.9 Å². The van der Waals surface area contributed by atoms with Crippen LogP contribution < -0.4 is 10.1 Å². The van der Waals surface area contributed by atoms with E-state index in [1.165, 1.54) is 24.4 Å². The van der Waals surface area contributed by atoms with Gasteiger partial charge in [-0.1, -0.05) is 35.9 Å². The Labute approximate surface area is 128 Å². The minimum Gasteiger partial charge on any atom is -0.480 e. The molecule has 21 heavy (non-hydrogen) atoms. The summed E-state index contributed by atoms with van der Waals surface area (Å²) in [5, 5.41) is 3.45. The second kappa shape index (κ2) is 5.74. The SMILES string of the molecule is COc1ncc(Cl)cc1C(=O)NC1CCc2ccccc21. The first-order chi connectivity index (χ1) is 10.2. The van der Waals surface area contributed by atoms with Crippen molar-refractivity contribution in [3.63, 3.8) is 0 Å². The first-order valence-corrected chi connectivity index (χ1v) is 7.15. The monoisotopic (exact) mass is 302 g/mol. The lowest BCUT2D eigenvalue weighted by atomic mass is 10.1. The summed E-state index contributed by atoms with van der Waals surface area (Å²) < 4.78 is 5.12. The molecule has 4 nitrogen and oxygen atoms in total. The Balaban J connectivity index is 1.83.